The van der Waals surface area contributed by atoms with Crippen molar-refractivity contribution in [3.05, 3.63) is 72.8 Å². The summed E-state index contributed by atoms with van der Waals surface area (Å²) in [6.45, 7) is 3.75. The van der Waals surface area contributed by atoms with Gasteiger partial charge in [-0.15, -0.1) is 0 Å². The minimum Gasteiger partial charge on any atom is -0.497 e. The van der Waals surface area contributed by atoms with E-state index in [1.165, 1.54) is 0 Å². The van der Waals surface area contributed by atoms with Crippen molar-refractivity contribution in [1.82, 2.24) is 19.9 Å². The fourth-order valence-corrected chi connectivity index (χ4v) is 3.81. The van der Waals surface area contributed by atoms with Gasteiger partial charge in [0.05, 0.1) is 25.0 Å². The highest BCUT2D eigenvalue weighted by atomic mass is 16.5. The van der Waals surface area contributed by atoms with Crippen LogP contribution in [0.2, 0.25) is 0 Å². The number of hydrogen-bond acceptors (Lipinski definition) is 8. The Labute approximate surface area is 186 Å². The molecule has 1 saturated heterocycles. The molecule has 0 aliphatic carbocycles. The fourth-order valence-electron chi connectivity index (χ4n) is 3.81. The molecule has 1 aliphatic heterocycles. The molecule has 0 saturated carbocycles. The number of methoxy groups -OCH3 is 1. The Kier molecular flexibility index (Phi) is 5.65. The number of benzene rings is 2. The third kappa shape index (κ3) is 4.25. The number of aromatic nitrogens is 4. The Hall–Kier alpha value is -3.94. The normalized spacial score (nSPS) is 13.9. The van der Waals surface area contributed by atoms with Crippen LogP contribution < -0.4 is 19.3 Å². The standard InChI is InChI=1S/C24H24N6O2/c1-31-19-7-8-22-21(13-19)23(28-17-27-22)29-9-11-30(12-10-29)24-25-14-20(15-26-24)32-16-18-5-3-2-4-6-18/h2-8,13-15,17H,9-12,16H2,1H3. The van der Waals surface area contributed by atoms with Gasteiger partial charge in [-0.05, 0) is 23.8 Å². The average molecular weight is 428 g/mol. The summed E-state index contributed by atoms with van der Waals surface area (Å²) in [7, 11) is 1.67. The van der Waals surface area contributed by atoms with E-state index in [9.17, 15) is 0 Å². The van der Waals surface area contributed by atoms with Gasteiger partial charge in [0.2, 0.25) is 5.95 Å². The topological polar surface area (TPSA) is 76.5 Å². The van der Waals surface area contributed by atoms with Gasteiger partial charge in [0, 0.05) is 31.6 Å². The third-order valence-electron chi connectivity index (χ3n) is 5.55. The van der Waals surface area contributed by atoms with E-state index in [0.717, 1.165) is 54.2 Å². The molecule has 2 aromatic heterocycles. The van der Waals surface area contributed by atoms with E-state index in [1.54, 1.807) is 25.8 Å². The van der Waals surface area contributed by atoms with Crippen LogP contribution in [-0.2, 0) is 6.61 Å². The Morgan fingerprint density at radius 3 is 2.31 bits per heavy atom. The van der Waals surface area contributed by atoms with Crippen LogP contribution in [-0.4, -0.2) is 53.2 Å². The molecule has 0 spiro atoms. The lowest BCUT2D eigenvalue weighted by Gasteiger charge is -2.35. The maximum Gasteiger partial charge on any atom is 0.225 e. The van der Waals surface area contributed by atoms with Gasteiger partial charge in [-0.25, -0.2) is 19.9 Å². The number of ether oxygens (including phenoxy) is 2. The zero-order valence-corrected chi connectivity index (χ0v) is 17.9. The fraction of sp³-hybridized carbons (Fsp3) is 0.250. The van der Waals surface area contributed by atoms with Crippen LogP contribution in [0.25, 0.3) is 10.9 Å². The zero-order chi connectivity index (χ0) is 21.8. The number of hydrogen-bond donors (Lipinski definition) is 0. The predicted octanol–water partition coefficient (Wildman–Crippen LogP) is 3.33. The van der Waals surface area contributed by atoms with Gasteiger partial charge < -0.3 is 19.3 Å². The van der Waals surface area contributed by atoms with Crippen molar-refractivity contribution in [1.29, 1.82) is 0 Å². The summed E-state index contributed by atoms with van der Waals surface area (Å²) in [6.07, 6.45) is 5.09. The summed E-state index contributed by atoms with van der Waals surface area (Å²) in [5.41, 5.74) is 2.02. The molecule has 0 amide bonds. The summed E-state index contributed by atoms with van der Waals surface area (Å²) >= 11 is 0. The van der Waals surface area contributed by atoms with Gasteiger partial charge in [0.15, 0.2) is 5.75 Å². The van der Waals surface area contributed by atoms with Crippen LogP contribution in [0, 0.1) is 0 Å². The smallest absolute Gasteiger partial charge is 0.225 e. The first-order chi connectivity index (χ1) is 15.8. The highest BCUT2D eigenvalue weighted by molar-refractivity contribution is 5.90. The molecular weight excluding hydrogens is 404 g/mol. The molecule has 2 aromatic carbocycles. The van der Waals surface area contributed by atoms with E-state index in [2.05, 4.69) is 29.7 Å². The maximum absolute atomic E-state index is 5.79. The van der Waals surface area contributed by atoms with Crippen molar-refractivity contribution >= 4 is 22.7 Å². The van der Waals surface area contributed by atoms with E-state index < -0.39 is 0 Å². The molecule has 0 bridgehead atoms. The minimum absolute atomic E-state index is 0.500. The molecule has 0 N–H and O–H groups in total. The van der Waals surface area contributed by atoms with E-state index in [-0.39, 0.29) is 0 Å². The van der Waals surface area contributed by atoms with E-state index in [1.807, 2.05) is 48.5 Å². The van der Waals surface area contributed by atoms with Crippen LogP contribution in [0.5, 0.6) is 11.5 Å². The van der Waals surface area contributed by atoms with Crippen LogP contribution in [0.4, 0.5) is 11.8 Å². The number of nitrogens with zero attached hydrogens (tertiary/aromatic N) is 6. The van der Waals surface area contributed by atoms with Gasteiger partial charge >= 0.3 is 0 Å². The second-order valence-corrected chi connectivity index (χ2v) is 7.55. The molecule has 5 rings (SSSR count). The lowest BCUT2D eigenvalue weighted by Crippen LogP contribution is -2.47. The van der Waals surface area contributed by atoms with Gasteiger partial charge in [0.25, 0.3) is 0 Å². The first-order valence-corrected chi connectivity index (χ1v) is 10.6. The molecule has 1 fully saturated rings. The van der Waals surface area contributed by atoms with Crippen molar-refractivity contribution in [2.24, 2.45) is 0 Å². The SMILES string of the molecule is COc1ccc2ncnc(N3CCN(c4ncc(OCc5ccccc5)cn4)CC3)c2c1. The van der Waals surface area contributed by atoms with Crippen LogP contribution in [0.3, 0.4) is 0 Å². The second kappa shape index (κ2) is 9.05. The highest BCUT2D eigenvalue weighted by Crippen LogP contribution is 2.28. The Balaban J connectivity index is 1.23. The molecule has 0 atom stereocenters. The molecule has 1 aliphatic rings. The second-order valence-electron chi connectivity index (χ2n) is 7.55. The Morgan fingerprint density at radius 2 is 1.56 bits per heavy atom. The van der Waals surface area contributed by atoms with Gasteiger partial charge in [-0.3, -0.25) is 0 Å². The molecule has 4 aromatic rings. The lowest BCUT2D eigenvalue weighted by atomic mass is 10.2. The predicted molar refractivity (Wildman–Crippen MR) is 123 cm³/mol. The van der Waals surface area contributed by atoms with Crippen LogP contribution >= 0.6 is 0 Å². The molecule has 0 unspecified atom stereocenters. The lowest BCUT2D eigenvalue weighted by molar-refractivity contribution is 0.303. The molecule has 8 heteroatoms. The highest BCUT2D eigenvalue weighted by Gasteiger charge is 2.22. The van der Waals surface area contributed by atoms with Crippen molar-refractivity contribution in [3.63, 3.8) is 0 Å². The van der Waals surface area contributed by atoms with Gasteiger partial charge in [-0.2, -0.15) is 0 Å². The largest absolute Gasteiger partial charge is 0.497 e. The van der Waals surface area contributed by atoms with E-state index >= 15 is 0 Å². The van der Waals surface area contributed by atoms with Crippen molar-refractivity contribution in [2.45, 2.75) is 6.61 Å². The van der Waals surface area contributed by atoms with Gasteiger partial charge in [-0.1, -0.05) is 30.3 Å². The maximum atomic E-state index is 5.79. The monoisotopic (exact) mass is 428 g/mol. The number of piperazine rings is 1. The van der Waals surface area contributed by atoms with Crippen LogP contribution in [0.1, 0.15) is 5.56 Å². The first kappa shape index (κ1) is 20.0. The van der Waals surface area contributed by atoms with Crippen molar-refractivity contribution in [3.8, 4) is 11.5 Å². The van der Waals surface area contributed by atoms with E-state index in [4.69, 9.17) is 9.47 Å². The molecule has 3 heterocycles. The number of anilines is 2. The van der Waals surface area contributed by atoms with E-state index in [0.29, 0.717) is 18.3 Å². The summed E-state index contributed by atoms with van der Waals surface area (Å²) in [5, 5.41) is 0.997. The van der Waals surface area contributed by atoms with Crippen molar-refractivity contribution in [2.75, 3.05) is 43.1 Å². The summed E-state index contributed by atoms with van der Waals surface area (Å²) < 4.78 is 11.2. The summed E-state index contributed by atoms with van der Waals surface area (Å²) in [6, 6.07) is 15.9. The number of fused-ring (bicyclic) bond motifs is 1. The molecule has 32 heavy (non-hydrogen) atoms. The Bertz CT molecular complexity index is 1180. The zero-order valence-electron chi connectivity index (χ0n) is 17.9. The third-order valence-corrected chi connectivity index (χ3v) is 5.55. The molecule has 0 radical (unpaired) electrons. The minimum atomic E-state index is 0.500. The van der Waals surface area contributed by atoms with Crippen molar-refractivity contribution < 1.29 is 9.47 Å². The van der Waals surface area contributed by atoms with Gasteiger partial charge in [0.1, 0.15) is 24.5 Å². The van der Waals surface area contributed by atoms with Crippen LogP contribution in [0.15, 0.2) is 67.3 Å². The first-order valence-electron chi connectivity index (χ1n) is 10.6. The Morgan fingerprint density at radius 1 is 0.812 bits per heavy atom. The quantitative estimate of drug-likeness (QED) is 0.463. The molecular formula is C24H24N6O2. The average Bonchev–Trinajstić information content (AvgIpc) is 2.88. The molecule has 8 nitrogen and oxygen atoms in total. The summed E-state index contributed by atoms with van der Waals surface area (Å²) in [4.78, 5) is 22.4. The summed E-state index contributed by atoms with van der Waals surface area (Å²) in [5.74, 6) is 3.11. The molecule has 162 valence electrons. The number of rotatable bonds is 6.